The summed E-state index contributed by atoms with van der Waals surface area (Å²) in [6.07, 6.45) is 0.219. The van der Waals surface area contributed by atoms with Crippen molar-refractivity contribution in [3.63, 3.8) is 0 Å². The van der Waals surface area contributed by atoms with E-state index in [9.17, 15) is 9.90 Å². The summed E-state index contributed by atoms with van der Waals surface area (Å²) in [6.45, 7) is 0. The van der Waals surface area contributed by atoms with Gasteiger partial charge >= 0.3 is 0 Å². The van der Waals surface area contributed by atoms with Gasteiger partial charge in [0.05, 0.1) is 12.2 Å². The second-order valence-corrected chi connectivity index (χ2v) is 3.19. The van der Waals surface area contributed by atoms with Crippen LogP contribution in [0.3, 0.4) is 0 Å². The van der Waals surface area contributed by atoms with Gasteiger partial charge in [-0.3, -0.25) is 4.79 Å². The normalized spacial score (nSPS) is 37.5. The predicted molar refractivity (Wildman–Crippen MR) is 40.4 cm³/mol. The fourth-order valence-electron chi connectivity index (χ4n) is 1.42. The molecule has 3 atom stereocenters. The Morgan fingerprint density at radius 2 is 2.27 bits per heavy atom. The Kier molecular flexibility index (Phi) is 2.87. The van der Waals surface area contributed by atoms with E-state index in [1.54, 1.807) is 0 Å². The van der Waals surface area contributed by atoms with E-state index in [0.29, 0.717) is 12.8 Å². The monoisotopic (exact) mass is 178 g/mol. The average molecular weight is 179 g/mol. The average Bonchev–Trinajstić information content (AvgIpc) is 2.31. The zero-order valence-electron chi connectivity index (χ0n) is 6.29. The van der Waals surface area contributed by atoms with Crippen molar-refractivity contribution in [3.8, 4) is 0 Å². The molecule has 0 unspecified atom stereocenters. The fourth-order valence-corrected chi connectivity index (χ4v) is 1.59. The Bertz CT molecular complexity index is 160. The molecule has 0 spiro atoms. The lowest BCUT2D eigenvalue weighted by molar-refractivity contribution is -0.115. The van der Waals surface area contributed by atoms with E-state index in [2.05, 4.69) is 0 Å². The summed E-state index contributed by atoms with van der Waals surface area (Å²) < 4.78 is 4.94. The van der Waals surface area contributed by atoms with Crippen molar-refractivity contribution in [2.45, 2.75) is 25.0 Å². The Balaban J connectivity index is 2.49. The minimum atomic E-state index is -0.535. The van der Waals surface area contributed by atoms with E-state index in [-0.39, 0.29) is 17.3 Å². The van der Waals surface area contributed by atoms with Gasteiger partial charge in [0.1, 0.15) is 0 Å². The Labute approximate surface area is 70.3 Å². The number of carbonyl (C=O) groups is 1. The maximum absolute atomic E-state index is 10.7. The molecule has 0 heterocycles. The Morgan fingerprint density at radius 1 is 1.64 bits per heavy atom. The minimum absolute atomic E-state index is 0.220. The van der Waals surface area contributed by atoms with Gasteiger partial charge in [0.15, 0.2) is 0 Å². The highest BCUT2D eigenvalue weighted by Gasteiger charge is 2.36. The predicted octanol–water partition coefficient (Wildman–Crippen LogP) is 0.538. The van der Waals surface area contributed by atoms with Gasteiger partial charge < -0.3 is 9.84 Å². The van der Waals surface area contributed by atoms with Crippen LogP contribution in [0, 0.1) is 5.92 Å². The number of aliphatic hydroxyl groups excluding tert-OH is 1. The van der Waals surface area contributed by atoms with E-state index in [0.717, 1.165) is 0 Å². The van der Waals surface area contributed by atoms with Crippen LogP contribution in [0.5, 0.6) is 0 Å². The molecule has 3 nitrogen and oxygen atoms in total. The molecule has 11 heavy (non-hydrogen) atoms. The smallest absolute Gasteiger partial charge is 0.224 e. The van der Waals surface area contributed by atoms with Crippen LogP contribution in [0.15, 0.2) is 0 Å². The first-order valence-corrected chi connectivity index (χ1v) is 3.93. The van der Waals surface area contributed by atoms with Crippen LogP contribution in [0.4, 0.5) is 0 Å². The summed E-state index contributed by atoms with van der Waals surface area (Å²) in [5.41, 5.74) is 0. The molecule has 0 bridgehead atoms. The topological polar surface area (TPSA) is 46.5 Å². The van der Waals surface area contributed by atoms with E-state index < -0.39 is 6.10 Å². The zero-order valence-corrected chi connectivity index (χ0v) is 7.04. The number of ether oxygens (including phenoxy) is 1. The van der Waals surface area contributed by atoms with Crippen LogP contribution in [-0.2, 0) is 9.53 Å². The highest BCUT2D eigenvalue weighted by molar-refractivity contribution is 6.64. The number of rotatable bonds is 2. The molecule has 4 heteroatoms. The first-order valence-electron chi connectivity index (χ1n) is 3.55. The molecule has 1 aliphatic carbocycles. The summed E-state index contributed by atoms with van der Waals surface area (Å²) in [7, 11) is 1.52. The molecule has 0 amide bonds. The zero-order chi connectivity index (χ0) is 8.43. The van der Waals surface area contributed by atoms with Gasteiger partial charge in [-0.05, 0) is 24.4 Å². The third kappa shape index (κ3) is 1.92. The molecule has 1 N–H and O–H groups in total. The molecular weight excluding hydrogens is 168 g/mol. The number of halogens is 1. The van der Waals surface area contributed by atoms with Gasteiger partial charge in [-0.2, -0.15) is 0 Å². The van der Waals surface area contributed by atoms with Gasteiger partial charge in [0.25, 0.3) is 0 Å². The quantitative estimate of drug-likeness (QED) is 0.628. The molecule has 0 aromatic rings. The van der Waals surface area contributed by atoms with Crippen molar-refractivity contribution >= 4 is 16.8 Å². The summed E-state index contributed by atoms with van der Waals surface area (Å²) >= 11 is 5.27. The summed E-state index contributed by atoms with van der Waals surface area (Å²) in [5, 5.41) is 8.90. The van der Waals surface area contributed by atoms with E-state index in [1.165, 1.54) is 7.11 Å². The first-order chi connectivity index (χ1) is 5.15. The van der Waals surface area contributed by atoms with Gasteiger partial charge in [-0.1, -0.05) is 0 Å². The lowest BCUT2D eigenvalue weighted by Gasteiger charge is -2.10. The van der Waals surface area contributed by atoms with Crippen LogP contribution >= 0.6 is 11.6 Å². The first kappa shape index (κ1) is 8.97. The van der Waals surface area contributed by atoms with Crippen LogP contribution < -0.4 is 0 Å². The second-order valence-electron chi connectivity index (χ2n) is 2.81. The molecule has 1 rings (SSSR count). The molecule has 0 aliphatic heterocycles. The number of methoxy groups -OCH3 is 1. The van der Waals surface area contributed by atoms with E-state index in [1.807, 2.05) is 0 Å². The number of carbonyl (C=O) groups excluding carboxylic acids is 1. The van der Waals surface area contributed by atoms with Crippen LogP contribution in [-0.4, -0.2) is 29.7 Å². The largest absolute Gasteiger partial charge is 0.390 e. The van der Waals surface area contributed by atoms with Crippen LogP contribution in [0.25, 0.3) is 0 Å². The standard InChI is InChI=1S/C7H11ClO3/c1-11-6-3-4(7(8)10)2-5(6)9/h4-6,9H,2-3H2,1H3/t4-,5+,6+/m1/s1. The van der Waals surface area contributed by atoms with Gasteiger partial charge in [-0.25, -0.2) is 0 Å². The molecule has 1 fully saturated rings. The highest BCUT2D eigenvalue weighted by Crippen LogP contribution is 2.29. The second kappa shape index (κ2) is 3.52. The Hall–Kier alpha value is -0.120. The van der Waals surface area contributed by atoms with Crippen LogP contribution in [0.2, 0.25) is 0 Å². The number of hydrogen-bond acceptors (Lipinski definition) is 3. The van der Waals surface area contributed by atoms with Crippen LogP contribution in [0.1, 0.15) is 12.8 Å². The van der Waals surface area contributed by atoms with E-state index in [4.69, 9.17) is 16.3 Å². The molecule has 1 aliphatic rings. The number of aliphatic hydroxyl groups is 1. The maximum atomic E-state index is 10.7. The molecule has 64 valence electrons. The summed E-state index contributed by atoms with van der Waals surface area (Å²) in [6, 6.07) is 0. The lowest BCUT2D eigenvalue weighted by Crippen LogP contribution is -2.20. The van der Waals surface area contributed by atoms with Crippen molar-refractivity contribution < 1.29 is 14.6 Å². The fraction of sp³-hybridized carbons (Fsp3) is 0.857. The minimum Gasteiger partial charge on any atom is -0.390 e. The summed E-state index contributed by atoms with van der Waals surface area (Å²) in [5.74, 6) is -0.225. The highest BCUT2D eigenvalue weighted by atomic mass is 35.5. The van der Waals surface area contributed by atoms with Crippen molar-refractivity contribution in [1.29, 1.82) is 0 Å². The Morgan fingerprint density at radius 3 is 2.55 bits per heavy atom. The van der Waals surface area contributed by atoms with Gasteiger partial charge in [-0.15, -0.1) is 0 Å². The van der Waals surface area contributed by atoms with E-state index >= 15 is 0 Å². The van der Waals surface area contributed by atoms with Crippen molar-refractivity contribution in [3.05, 3.63) is 0 Å². The van der Waals surface area contributed by atoms with Gasteiger partial charge in [0, 0.05) is 13.0 Å². The molecule has 0 aromatic heterocycles. The van der Waals surface area contributed by atoms with Crippen molar-refractivity contribution in [2.24, 2.45) is 5.92 Å². The molecule has 0 aromatic carbocycles. The lowest BCUT2D eigenvalue weighted by atomic mass is 10.1. The van der Waals surface area contributed by atoms with Crippen molar-refractivity contribution in [2.75, 3.05) is 7.11 Å². The SMILES string of the molecule is CO[C@H]1C[C@H](C(=O)Cl)C[C@@H]1O. The molecule has 0 saturated heterocycles. The summed E-state index contributed by atoms with van der Waals surface area (Å²) in [4.78, 5) is 10.7. The third-order valence-corrected chi connectivity index (χ3v) is 2.40. The third-order valence-electron chi connectivity index (χ3n) is 2.10. The van der Waals surface area contributed by atoms with Crippen molar-refractivity contribution in [1.82, 2.24) is 0 Å². The molecular formula is C7H11ClO3. The molecule has 0 radical (unpaired) electrons. The van der Waals surface area contributed by atoms with Gasteiger partial charge in [0.2, 0.25) is 5.24 Å². The molecule has 1 saturated carbocycles. The number of hydrogen-bond donors (Lipinski definition) is 1. The maximum Gasteiger partial charge on any atom is 0.224 e.